The lowest BCUT2D eigenvalue weighted by Crippen LogP contribution is -2.49. The molecule has 2 amide bonds. The molecule has 0 spiro atoms. The minimum absolute atomic E-state index is 0.0293. The van der Waals surface area contributed by atoms with Crippen LogP contribution in [0.2, 0.25) is 0 Å². The van der Waals surface area contributed by atoms with Crippen LogP contribution in [-0.2, 0) is 14.3 Å². The molecule has 0 bridgehead atoms. The fourth-order valence-electron chi connectivity index (χ4n) is 2.29. The first-order valence-corrected chi connectivity index (χ1v) is 8.75. The molecule has 5 nitrogen and oxygen atoms in total. The Labute approximate surface area is 146 Å². The predicted octanol–water partition coefficient (Wildman–Crippen LogP) is 3.18. The van der Waals surface area contributed by atoms with Gasteiger partial charge >= 0.3 is 0 Å². The van der Waals surface area contributed by atoms with Crippen molar-refractivity contribution in [2.45, 2.75) is 25.9 Å². The number of hydrogen-bond acceptors (Lipinski definition) is 3. The molecule has 22 heavy (non-hydrogen) atoms. The second-order valence-electron chi connectivity index (χ2n) is 5.06. The molecular formula is C15H18Br2N2O3. The van der Waals surface area contributed by atoms with E-state index in [1.807, 2.05) is 19.1 Å². The van der Waals surface area contributed by atoms with Gasteiger partial charge in [0.1, 0.15) is 6.10 Å². The van der Waals surface area contributed by atoms with Crippen LogP contribution < -0.4 is 5.32 Å². The number of amides is 2. The van der Waals surface area contributed by atoms with Crippen LogP contribution in [0, 0.1) is 0 Å². The molecule has 1 saturated heterocycles. The second kappa shape index (κ2) is 8.08. The molecule has 0 radical (unpaired) electrons. The van der Waals surface area contributed by atoms with Gasteiger partial charge in [-0.25, -0.2) is 0 Å². The quantitative estimate of drug-likeness (QED) is 0.775. The van der Waals surface area contributed by atoms with E-state index >= 15 is 0 Å². The monoisotopic (exact) mass is 432 g/mol. The van der Waals surface area contributed by atoms with E-state index in [9.17, 15) is 9.59 Å². The Morgan fingerprint density at radius 3 is 2.91 bits per heavy atom. The summed E-state index contributed by atoms with van der Waals surface area (Å²) in [6.07, 6.45) is 0.243. The fourth-order valence-corrected chi connectivity index (χ4v) is 3.44. The lowest BCUT2D eigenvalue weighted by molar-refractivity contribution is -0.155. The van der Waals surface area contributed by atoms with Crippen LogP contribution in [0.15, 0.2) is 27.1 Å². The van der Waals surface area contributed by atoms with Crippen LogP contribution >= 0.6 is 31.9 Å². The van der Waals surface area contributed by atoms with E-state index < -0.39 is 6.10 Å². The molecule has 1 aromatic rings. The number of carbonyl (C=O) groups excluding carboxylic acids is 2. The SMILES string of the molecule is CCCN1CCO[C@H](CC(=O)Nc2ccc(Br)cc2Br)C1=O. The minimum atomic E-state index is -0.686. The van der Waals surface area contributed by atoms with Gasteiger partial charge < -0.3 is 15.0 Å². The highest BCUT2D eigenvalue weighted by atomic mass is 79.9. The van der Waals surface area contributed by atoms with Gasteiger partial charge in [-0.2, -0.15) is 0 Å². The Morgan fingerprint density at radius 2 is 2.23 bits per heavy atom. The van der Waals surface area contributed by atoms with Gasteiger partial charge in [-0.1, -0.05) is 22.9 Å². The molecule has 0 aromatic heterocycles. The summed E-state index contributed by atoms with van der Waals surface area (Å²) in [5.74, 6) is -0.335. The normalized spacial score (nSPS) is 18.4. The van der Waals surface area contributed by atoms with Crippen LogP contribution in [-0.4, -0.2) is 42.5 Å². The summed E-state index contributed by atoms with van der Waals surface area (Å²) in [6, 6.07) is 5.48. The number of benzene rings is 1. The van der Waals surface area contributed by atoms with E-state index in [4.69, 9.17) is 4.74 Å². The molecule has 1 aliphatic rings. The maximum Gasteiger partial charge on any atom is 0.252 e. The van der Waals surface area contributed by atoms with Crippen molar-refractivity contribution in [3.8, 4) is 0 Å². The van der Waals surface area contributed by atoms with Gasteiger partial charge in [-0.15, -0.1) is 0 Å². The number of anilines is 1. The van der Waals surface area contributed by atoms with Crippen molar-refractivity contribution in [1.82, 2.24) is 4.90 Å². The Hall–Kier alpha value is -0.920. The van der Waals surface area contributed by atoms with Gasteiger partial charge in [0, 0.05) is 22.0 Å². The number of carbonyl (C=O) groups is 2. The lowest BCUT2D eigenvalue weighted by Gasteiger charge is -2.32. The van der Waals surface area contributed by atoms with Crippen molar-refractivity contribution < 1.29 is 14.3 Å². The fraction of sp³-hybridized carbons (Fsp3) is 0.467. The van der Waals surface area contributed by atoms with Gasteiger partial charge in [0.15, 0.2) is 0 Å². The van der Waals surface area contributed by atoms with Gasteiger partial charge in [0.05, 0.1) is 18.7 Å². The van der Waals surface area contributed by atoms with Crippen LogP contribution in [0.25, 0.3) is 0 Å². The number of hydrogen-bond donors (Lipinski definition) is 1. The number of nitrogens with one attached hydrogen (secondary N) is 1. The standard InChI is InChI=1S/C15H18Br2N2O3/c1-2-5-19-6-7-22-13(15(19)21)9-14(20)18-12-4-3-10(16)8-11(12)17/h3-4,8,13H,2,5-7,9H2,1H3,(H,18,20)/t13-/m1/s1. The van der Waals surface area contributed by atoms with Crippen LogP contribution in [0.3, 0.4) is 0 Å². The molecule has 0 saturated carbocycles. The predicted molar refractivity (Wildman–Crippen MR) is 91.7 cm³/mol. The summed E-state index contributed by atoms with van der Waals surface area (Å²) in [6.45, 7) is 3.81. The third-order valence-electron chi connectivity index (χ3n) is 3.34. The van der Waals surface area contributed by atoms with Crippen LogP contribution in [0.5, 0.6) is 0 Å². The summed E-state index contributed by atoms with van der Waals surface area (Å²) in [5.41, 5.74) is 0.668. The molecule has 1 fully saturated rings. The second-order valence-corrected chi connectivity index (χ2v) is 6.83. The number of ether oxygens (including phenoxy) is 1. The van der Waals surface area contributed by atoms with E-state index in [0.717, 1.165) is 15.4 Å². The topological polar surface area (TPSA) is 58.6 Å². The molecule has 2 rings (SSSR count). The largest absolute Gasteiger partial charge is 0.366 e. The minimum Gasteiger partial charge on any atom is -0.366 e. The highest BCUT2D eigenvalue weighted by molar-refractivity contribution is 9.11. The zero-order chi connectivity index (χ0) is 16.1. The third-order valence-corrected chi connectivity index (χ3v) is 4.49. The molecule has 1 N–H and O–H groups in total. The average Bonchev–Trinajstić information content (AvgIpc) is 2.46. The number of rotatable bonds is 5. The highest BCUT2D eigenvalue weighted by Gasteiger charge is 2.30. The van der Waals surface area contributed by atoms with Crippen molar-refractivity contribution in [3.05, 3.63) is 27.1 Å². The number of halogens is 2. The lowest BCUT2D eigenvalue weighted by atomic mass is 10.1. The average molecular weight is 434 g/mol. The molecule has 1 aliphatic heterocycles. The van der Waals surface area contributed by atoms with Crippen molar-refractivity contribution in [1.29, 1.82) is 0 Å². The zero-order valence-electron chi connectivity index (χ0n) is 12.3. The number of morpholine rings is 1. The van der Waals surface area contributed by atoms with Crippen LogP contribution in [0.4, 0.5) is 5.69 Å². The maximum atomic E-state index is 12.2. The van der Waals surface area contributed by atoms with Gasteiger partial charge in [0.25, 0.3) is 5.91 Å². The van der Waals surface area contributed by atoms with Crippen molar-refractivity contribution in [2.24, 2.45) is 0 Å². The first kappa shape index (κ1) is 17.4. The van der Waals surface area contributed by atoms with E-state index in [1.54, 1.807) is 11.0 Å². The Kier molecular flexibility index (Phi) is 6.40. The Morgan fingerprint density at radius 1 is 1.45 bits per heavy atom. The molecule has 120 valence electrons. The first-order valence-electron chi connectivity index (χ1n) is 7.16. The Balaban J connectivity index is 1.95. The molecular weight excluding hydrogens is 416 g/mol. The van der Waals surface area contributed by atoms with E-state index in [2.05, 4.69) is 37.2 Å². The third kappa shape index (κ3) is 4.54. The maximum absolute atomic E-state index is 12.2. The van der Waals surface area contributed by atoms with Gasteiger partial charge in [-0.05, 0) is 40.5 Å². The van der Waals surface area contributed by atoms with E-state index in [1.165, 1.54) is 0 Å². The first-order chi connectivity index (χ1) is 10.5. The van der Waals surface area contributed by atoms with Crippen molar-refractivity contribution in [2.75, 3.05) is 25.0 Å². The zero-order valence-corrected chi connectivity index (χ0v) is 15.4. The molecule has 0 aliphatic carbocycles. The summed E-state index contributed by atoms with van der Waals surface area (Å²) in [5, 5.41) is 2.79. The van der Waals surface area contributed by atoms with Crippen molar-refractivity contribution in [3.63, 3.8) is 0 Å². The molecule has 1 heterocycles. The summed E-state index contributed by atoms with van der Waals surface area (Å²) >= 11 is 6.75. The summed E-state index contributed by atoms with van der Waals surface area (Å²) in [7, 11) is 0. The van der Waals surface area contributed by atoms with Crippen LogP contribution in [0.1, 0.15) is 19.8 Å². The molecule has 0 unspecified atom stereocenters. The van der Waals surface area contributed by atoms with E-state index in [-0.39, 0.29) is 18.2 Å². The van der Waals surface area contributed by atoms with Gasteiger partial charge in [-0.3, -0.25) is 9.59 Å². The smallest absolute Gasteiger partial charge is 0.252 e. The summed E-state index contributed by atoms with van der Waals surface area (Å²) < 4.78 is 7.15. The highest BCUT2D eigenvalue weighted by Crippen LogP contribution is 2.26. The number of nitrogens with zero attached hydrogens (tertiary/aromatic N) is 1. The molecule has 7 heteroatoms. The van der Waals surface area contributed by atoms with E-state index in [0.29, 0.717) is 25.4 Å². The van der Waals surface area contributed by atoms with Gasteiger partial charge in [0.2, 0.25) is 5.91 Å². The Bertz CT molecular complexity index is 564. The van der Waals surface area contributed by atoms with Crippen molar-refractivity contribution >= 4 is 49.4 Å². The summed E-state index contributed by atoms with van der Waals surface area (Å²) in [4.78, 5) is 26.1. The molecule has 1 aromatic carbocycles. The molecule has 1 atom stereocenters.